The molecule has 4 heteroatoms. The number of nitrogens with zero attached hydrogens (tertiary/aromatic N) is 1. The molecular formula is H3N2O2. The Kier molecular flexibility index (Phi) is 61.1. The molecule has 0 aromatic rings. The highest BCUT2D eigenvalue weighted by Crippen LogP contribution is 0.529. The molecule has 0 saturated heterocycles. The van der Waals surface area contributed by atoms with Crippen molar-refractivity contribution in [1.29, 1.82) is 0 Å². The maximum atomic E-state index is 7.25. The standard InChI is InChI=1S/H3NO.NO/c2*1-2/h2H,1H2;. The maximum absolute atomic E-state index is 7.25. The van der Waals surface area contributed by atoms with Crippen molar-refractivity contribution in [2.24, 2.45) is 5.90 Å². The van der Waals surface area contributed by atoms with E-state index in [9.17, 15) is 0 Å². The fourth-order valence-corrected chi connectivity index (χ4v) is 0. The summed E-state index contributed by atoms with van der Waals surface area (Å²) in [5, 5.41) is 6.50. The van der Waals surface area contributed by atoms with Crippen LogP contribution in [0.1, 0.15) is 0 Å². The molecule has 0 heterocycles. The van der Waals surface area contributed by atoms with Gasteiger partial charge in [-0.2, -0.15) is 0 Å². The van der Waals surface area contributed by atoms with E-state index in [1.165, 1.54) is 0 Å². The predicted octanol–water partition coefficient (Wildman–Crippen LogP) is -1.11. The molecular weight excluding hydrogens is 60.0 g/mol. The summed E-state index contributed by atoms with van der Waals surface area (Å²) in [6, 6.07) is 0. The Hall–Kier alpha value is -0.480. The molecule has 0 aromatic heterocycles. The third-order valence-electron chi connectivity index (χ3n) is 0. The number of nitrogens with two attached hydrogens (primary N) is 1. The van der Waals surface area contributed by atoms with Gasteiger partial charge in [0.25, 0.3) is 0 Å². The molecule has 0 rings (SSSR count). The second kappa shape index (κ2) is 25.3. The number of nitroso groups, excluding NO2 is 1. The molecule has 25 valence electrons. The molecule has 3 N–H and O–H groups in total. The lowest BCUT2D eigenvalue weighted by atomic mass is 13.6. The van der Waals surface area contributed by atoms with E-state index in [4.69, 9.17) is 15.7 Å². The molecule has 0 fully saturated rings. The SMILES string of the molecule is NO.[N]=O. The van der Waals surface area contributed by atoms with Gasteiger partial charge in [0.2, 0.25) is 0 Å². The molecule has 0 bridgehead atoms. The quantitative estimate of drug-likeness (QED) is 0.349. The summed E-state index contributed by atoms with van der Waals surface area (Å²) < 4.78 is 0. The summed E-state index contributed by atoms with van der Waals surface area (Å²) in [6.07, 6.45) is 0. The first-order valence-electron chi connectivity index (χ1n) is 0.441. The van der Waals surface area contributed by atoms with Crippen LogP contribution in [0, 0.1) is 4.91 Å². The van der Waals surface area contributed by atoms with E-state index in [-0.39, 0.29) is 0 Å². The van der Waals surface area contributed by atoms with Gasteiger partial charge in [-0.05, 0) is 0 Å². The normalized spacial score (nSPS) is 2.50. The van der Waals surface area contributed by atoms with Gasteiger partial charge < -0.3 is 5.21 Å². The van der Waals surface area contributed by atoms with Crippen molar-refractivity contribution in [3.63, 3.8) is 0 Å². The van der Waals surface area contributed by atoms with Gasteiger partial charge in [-0.25, -0.2) is 5.90 Å². The minimum Gasteiger partial charge on any atom is -0.320 e. The average molecular weight is 63.0 g/mol. The van der Waals surface area contributed by atoms with Crippen LogP contribution in [-0.4, -0.2) is 5.21 Å². The highest BCUT2D eigenvalue weighted by Gasteiger charge is 0.732. The Morgan fingerprint density at radius 2 is 1.50 bits per heavy atom. The first-order valence-corrected chi connectivity index (χ1v) is 0.441. The molecule has 0 unspecified atom stereocenters. The second-order valence-electron chi connectivity index (χ2n) is 0. The van der Waals surface area contributed by atoms with Crippen molar-refractivity contribution >= 4 is 0 Å². The lowest BCUT2D eigenvalue weighted by Gasteiger charge is -1.27. The molecule has 0 aliphatic carbocycles. The molecule has 0 aliphatic rings. The van der Waals surface area contributed by atoms with Gasteiger partial charge in [0.15, 0.2) is 0 Å². The lowest BCUT2D eigenvalue weighted by Crippen LogP contribution is -1.72. The topological polar surface area (TPSA) is 85.6 Å². The Bertz CT molecular complexity index is 4.00. The van der Waals surface area contributed by atoms with E-state index in [2.05, 4.69) is 5.90 Å². The van der Waals surface area contributed by atoms with E-state index in [1.54, 1.807) is 0 Å². The first-order chi connectivity index (χ1) is 2.00. The van der Waals surface area contributed by atoms with Crippen LogP contribution < -0.4 is 11.5 Å². The Labute approximate surface area is 23.0 Å². The van der Waals surface area contributed by atoms with Crippen LogP contribution in [0.4, 0.5) is 0 Å². The minimum atomic E-state index is 3.50. The number of hydrogen-bond donors (Lipinski definition) is 2. The molecule has 0 atom stereocenters. The van der Waals surface area contributed by atoms with Crippen molar-refractivity contribution in [2.75, 3.05) is 0 Å². The zero-order chi connectivity index (χ0) is 4.00. The summed E-state index contributed by atoms with van der Waals surface area (Å²) >= 11 is 0. The van der Waals surface area contributed by atoms with Gasteiger partial charge in [-0.15, -0.1) is 4.91 Å². The lowest BCUT2D eigenvalue weighted by molar-refractivity contribution is 0.311. The van der Waals surface area contributed by atoms with Gasteiger partial charge in [0.05, 0.1) is 0 Å². The van der Waals surface area contributed by atoms with Crippen LogP contribution >= 0.6 is 0 Å². The van der Waals surface area contributed by atoms with E-state index in [0.717, 1.165) is 0 Å². The fraction of sp³-hybridized carbons (Fsp3) is 0. The number of rotatable bonds is 0. The monoisotopic (exact) mass is 63.0 g/mol. The molecule has 4 nitrogen and oxygen atoms in total. The molecule has 0 aliphatic heterocycles. The van der Waals surface area contributed by atoms with E-state index >= 15 is 0 Å². The van der Waals surface area contributed by atoms with E-state index in [0.29, 0.717) is 0 Å². The summed E-state index contributed by atoms with van der Waals surface area (Å²) in [5.74, 6) is 3.50. The van der Waals surface area contributed by atoms with Gasteiger partial charge in [0, 0.05) is 0 Å². The van der Waals surface area contributed by atoms with Gasteiger partial charge in [-0.3, -0.25) is 0 Å². The maximum Gasteiger partial charge on any atom is 0.120 e. The third-order valence-corrected chi connectivity index (χ3v) is 0. The molecule has 1 radical (unpaired) electrons. The van der Waals surface area contributed by atoms with Crippen molar-refractivity contribution in [2.45, 2.75) is 0 Å². The highest BCUT2D eigenvalue weighted by molar-refractivity contribution is 3.69. The largest absolute Gasteiger partial charge is 0.320 e. The van der Waals surface area contributed by atoms with Gasteiger partial charge in [-0.1, -0.05) is 0 Å². The van der Waals surface area contributed by atoms with Crippen molar-refractivity contribution in [3.8, 4) is 0 Å². The minimum absolute atomic E-state index is 3.50. The van der Waals surface area contributed by atoms with Gasteiger partial charge in [0.1, 0.15) is 5.59 Å². The van der Waals surface area contributed by atoms with E-state index < -0.39 is 0 Å². The summed E-state index contributed by atoms with van der Waals surface area (Å²) in [5.41, 5.74) is 5.75. The molecule has 0 aromatic carbocycles. The fourth-order valence-electron chi connectivity index (χ4n) is 0. The van der Waals surface area contributed by atoms with Crippen LogP contribution in [0.2, 0.25) is 0 Å². The molecule has 0 saturated carbocycles. The molecule has 0 amide bonds. The highest BCUT2D eigenvalue weighted by atomic mass is 16.4. The smallest absolute Gasteiger partial charge is 0.120 e. The molecule has 0 spiro atoms. The second-order valence-corrected chi connectivity index (χ2v) is 0. The Balaban J connectivity index is 0. The summed E-state index contributed by atoms with van der Waals surface area (Å²) in [7, 11) is 0. The Morgan fingerprint density at radius 1 is 1.50 bits per heavy atom. The zero-order valence-corrected chi connectivity index (χ0v) is 1.88. The van der Waals surface area contributed by atoms with Crippen molar-refractivity contribution in [3.05, 3.63) is 4.91 Å². The predicted molar refractivity (Wildman–Crippen MR) is 11.5 cm³/mol. The van der Waals surface area contributed by atoms with Crippen LogP contribution in [0.25, 0.3) is 0 Å². The first kappa shape index (κ1) is 9.68. The van der Waals surface area contributed by atoms with Gasteiger partial charge >= 0.3 is 0 Å². The van der Waals surface area contributed by atoms with Crippen molar-refractivity contribution in [1.82, 2.24) is 5.59 Å². The van der Waals surface area contributed by atoms with Crippen LogP contribution in [0.3, 0.4) is 0 Å². The molecule has 4 heavy (non-hydrogen) atoms. The average Bonchev–Trinajstić information content (AvgIpc) is 1.50. The van der Waals surface area contributed by atoms with Crippen LogP contribution in [0.15, 0.2) is 0 Å². The van der Waals surface area contributed by atoms with Crippen LogP contribution in [-0.2, 0) is 0 Å². The zero-order valence-electron chi connectivity index (χ0n) is 1.88. The van der Waals surface area contributed by atoms with E-state index in [1.807, 2.05) is 0 Å². The van der Waals surface area contributed by atoms with Crippen molar-refractivity contribution < 1.29 is 5.21 Å². The van der Waals surface area contributed by atoms with Crippen LogP contribution in [0.5, 0.6) is 0 Å². The Morgan fingerprint density at radius 3 is 1.50 bits per heavy atom. The summed E-state index contributed by atoms with van der Waals surface area (Å²) in [4.78, 5) is 7.25. The number of hydrogen-bond acceptors (Lipinski definition) is 3. The third kappa shape index (κ3) is 1.78. The summed E-state index contributed by atoms with van der Waals surface area (Å²) in [6.45, 7) is 0.